The molecule has 1 aromatic heterocycles. The second-order valence-corrected chi connectivity index (χ2v) is 6.34. The molecule has 0 aliphatic heterocycles. The topological polar surface area (TPSA) is 143 Å². The smallest absolute Gasteiger partial charge is 0.225 e. The SMILES string of the molecule is CC(=O)Nc1cc(CCc2ccc(C(N)N(N)C=O)cc2)cnc1NC(C)=O. The Morgan fingerprint density at radius 3 is 2.29 bits per heavy atom. The lowest BCUT2D eigenvalue weighted by molar-refractivity contribution is -0.120. The third kappa shape index (κ3) is 5.86. The Balaban J connectivity index is 2.08. The van der Waals surface area contributed by atoms with E-state index in [1.54, 1.807) is 12.3 Å². The molecule has 0 aliphatic rings. The minimum atomic E-state index is -0.697. The first-order valence-electron chi connectivity index (χ1n) is 8.67. The van der Waals surface area contributed by atoms with Gasteiger partial charge in [0, 0.05) is 20.0 Å². The van der Waals surface area contributed by atoms with Gasteiger partial charge in [0.05, 0.1) is 5.69 Å². The number of hydrogen-bond acceptors (Lipinski definition) is 6. The van der Waals surface area contributed by atoms with Crippen molar-refractivity contribution in [3.05, 3.63) is 53.2 Å². The first kappa shape index (κ1) is 21.0. The number of nitrogens with two attached hydrogens (primary N) is 2. The molecule has 6 N–H and O–H groups in total. The van der Waals surface area contributed by atoms with E-state index in [0.717, 1.165) is 28.1 Å². The van der Waals surface area contributed by atoms with Gasteiger partial charge in [-0.15, -0.1) is 0 Å². The maximum absolute atomic E-state index is 11.4. The van der Waals surface area contributed by atoms with E-state index in [2.05, 4.69) is 15.6 Å². The third-order valence-corrected chi connectivity index (χ3v) is 4.02. The lowest BCUT2D eigenvalue weighted by Gasteiger charge is -2.19. The van der Waals surface area contributed by atoms with E-state index in [1.807, 2.05) is 24.3 Å². The molecule has 148 valence electrons. The number of rotatable bonds is 8. The van der Waals surface area contributed by atoms with Crippen LogP contribution in [0, 0.1) is 0 Å². The summed E-state index contributed by atoms with van der Waals surface area (Å²) in [6, 6.07) is 9.28. The molecule has 1 unspecified atom stereocenters. The van der Waals surface area contributed by atoms with Crippen molar-refractivity contribution in [1.82, 2.24) is 9.99 Å². The van der Waals surface area contributed by atoms with Gasteiger partial charge in [0.1, 0.15) is 6.17 Å². The highest BCUT2D eigenvalue weighted by Gasteiger charge is 2.11. The number of carbonyl (C=O) groups is 3. The molecule has 0 aliphatic carbocycles. The molecule has 1 atom stereocenters. The maximum atomic E-state index is 11.4. The Labute approximate surface area is 163 Å². The van der Waals surface area contributed by atoms with Crippen molar-refractivity contribution >= 4 is 29.7 Å². The summed E-state index contributed by atoms with van der Waals surface area (Å²) in [6.07, 6.45) is 2.86. The number of aromatic nitrogens is 1. The zero-order valence-electron chi connectivity index (χ0n) is 15.8. The molecule has 0 fully saturated rings. The van der Waals surface area contributed by atoms with Crippen LogP contribution in [0.3, 0.4) is 0 Å². The van der Waals surface area contributed by atoms with Gasteiger partial charge in [0.25, 0.3) is 0 Å². The van der Waals surface area contributed by atoms with Crippen LogP contribution >= 0.6 is 0 Å². The number of carbonyl (C=O) groups excluding carboxylic acids is 3. The van der Waals surface area contributed by atoms with Gasteiger partial charge in [-0.25, -0.2) is 10.8 Å². The first-order chi connectivity index (χ1) is 13.3. The van der Waals surface area contributed by atoms with Gasteiger partial charge in [-0.2, -0.15) is 0 Å². The molecule has 28 heavy (non-hydrogen) atoms. The standard InChI is InChI=1S/C19H24N6O3/c1-12(27)23-17-9-15(10-22-19(17)24-13(2)28)4-3-14-5-7-16(8-6-14)18(20)25(21)11-26/h5-11,18H,3-4,20-21H2,1-2H3,(H,23,27)(H,22,24,28). The number of aryl methyl sites for hydroxylation is 2. The van der Waals surface area contributed by atoms with Crippen LogP contribution in [0.1, 0.15) is 36.7 Å². The summed E-state index contributed by atoms with van der Waals surface area (Å²) in [5.41, 5.74) is 9.03. The Morgan fingerprint density at radius 2 is 1.71 bits per heavy atom. The number of hydrazine groups is 1. The highest BCUT2D eigenvalue weighted by Crippen LogP contribution is 2.22. The predicted octanol–water partition coefficient (Wildman–Crippen LogP) is 1.07. The molecule has 3 amide bonds. The van der Waals surface area contributed by atoms with Gasteiger partial charge in [0.2, 0.25) is 18.2 Å². The van der Waals surface area contributed by atoms with Crippen molar-refractivity contribution in [2.24, 2.45) is 11.6 Å². The quantitative estimate of drug-likeness (QED) is 0.176. The second kappa shape index (κ2) is 9.58. The van der Waals surface area contributed by atoms with Gasteiger partial charge in [-0.1, -0.05) is 24.3 Å². The van der Waals surface area contributed by atoms with Crippen LogP contribution in [0.25, 0.3) is 0 Å². The van der Waals surface area contributed by atoms with Crippen LogP contribution in [0.4, 0.5) is 11.5 Å². The first-order valence-corrected chi connectivity index (χ1v) is 8.67. The Morgan fingerprint density at radius 1 is 1.11 bits per heavy atom. The zero-order chi connectivity index (χ0) is 20.7. The van der Waals surface area contributed by atoms with E-state index in [1.165, 1.54) is 13.8 Å². The Kier molecular flexibility index (Phi) is 7.19. The summed E-state index contributed by atoms with van der Waals surface area (Å²) < 4.78 is 0. The summed E-state index contributed by atoms with van der Waals surface area (Å²) in [5.74, 6) is 5.28. The van der Waals surface area contributed by atoms with E-state index in [0.29, 0.717) is 24.3 Å². The lowest BCUT2D eigenvalue weighted by Crippen LogP contribution is -2.38. The monoisotopic (exact) mass is 384 g/mol. The van der Waals surface area contributed by atoms with Crippen LogP contribution in [0.2, 0.25) is 0 Å². The van der Waals surface area contributed by atoms with Gasteiger partial charge in [-0.3, -0.25) is 19.4 Å². The summed E-state index contributed by atoms with van der Waals surface area (Å²) in [4.78, 5) is 37.6. The van der Waals surface area contributed by atoms with Gasteiger partial charge >= 0.3 is 0 Å². The predicted molar refractivity (Wildman–Crippen MR) is 106 cm³/mol. The number of nitrogens with zero attached hydrogens (tertiary/aromatic N) is 2. The average Bonchev–Trinajstić information content (AvgIpc) is 2.66. The van der Waals surface area contributed by atoms with Crippen LogP contribution in [0.15, 0.2) is 36.5 Å². The Bertz CT molecular complexity index is 853. The average molecular weight is 384 g/mol. The molecule has 0 spiro atoms. The van der Waals surface area contributed by atoms with Gasteiger partial charge in [0.15, 0.2) is 5.82 Å². The molecule has 2 aromatic rings. The van der Waals surface area contributed by atoms with E-state index in [-0.39, 0.29) is 11.8 Å². The number of hydrogen-bond donors (Lipinski definition) is 4. The summed E-state index contributed by atoms with van der Waals surface area (Å²) >= 11 is 0. The molecule has 9 nitrogen and oxygen atoms in total. The van der Waals surface area contributed by atoms with Crippen molar-refractivity contribution in [1.29, 1.82) is 0 Å². The highest BCUT2D eigenvalue weighted by atomic mass is 16.2. The van der Waals surface area contributed by atoms with Crippen LogP contribution < -0.4 is 22.2 Å². The highest BCUT2D eigenvalue weighted by molar-refractivity contribution is 5.96. The fourth-order valence-electron chi connectivity index (χ4n) is 2.60. The molecule has 0 radical (unpaired) electrons. The zero-order valence-corrected chi connectivity index (χ0v) is 15.8. The van der Waals surface area contributed by atoms with Gasteiger partial charge < -0.3 is 16.4 Å². The van der Waals surface area contributed by atoms with Crippen molar-refractivity contribution in [3.8, 4) is 0 Å². The molecule has 1 heterocycles. The van der Waals surface area contributed by atoms with Crippen LogP contribution in [0.5, 0.6) is 0 Å². The number of pyridine rings is 1. The molecule has 0 saturated heterocycles. The minimum absolute atomic E-state index is 0.248. The van der Waals surface area contributed by atoms with Crippen molar-refractivity contribution < 1.29 is 14.4 Å². The fraction of sp³-hybridized carbons (Fsp3) is 0.263. The minimum Gasteiger partial charge on any atom is -0.323 e. The van der Waals surface area contributed by atoms with E-state index in [4.69, 9.17) is 11.6 Å². The molecule has 0 saturated carbocycles. The summed E-state index contributed by atoms with van der Waals surface area (Å²) in [5, 5.41) is 6.18. The normalized spacial score (nSPS) is 11.4. The number of benzene rings is 1. The number of nitrogens with one attached hydrogen (secondary N) is 2. The summed E-state index contributed by atoms with van der Waals surface area (Å²) in [7, 11) is 0. The van der Waals surface area contributed by atoms with Crippen LogP contribution in [-0.2, 0) is 27.2 Å². The molecule has 9 heteroatoms. The largest absolute Gasteiger partial charge is 0.323 e. The van der Waals surface area contributed by atoms with E-state index in [9.17, 15) is 14.4 Å². The van der Waals surface area contributed by atoms with Gasteiger partial charge in [-0.05, 0) is 35.6 Å². The van der Waals surface area contributed by atoms with E-state index >= 15 is 0 Å². The molecule has 0 bridgehead atoms. The molecule has 1 aromatic carbocycles. The van der Waals surface area contributed by atoms with Crippen molar-refractivity contribution in [2.75, 3.05) is 10.6 Å². The summed E-state index contributed by atoms with van der Waals surface area (Å²) in [6.45, 7) is 2.77. The molecular formula is C19H24N6O3. The number of amides is 3. The van der Waals surface area contributed by atoms with Crippen molar-refractivity contribution in [3.63, 3.8) is 0 Å². The third-order valence-electron chi connectivity index (χ3n) is 4.02. The lowest BCUT2D eigenvalue weighted by atomic mass is 10.0. The van der Waals surface area contributed by atoms with E-state index < -0.39 is 6.17 Å². The Hall–Kier alpha value is -3.30. The fourth-order valence-corrected chi connectivity index (χ4v) is 2.60. The molecule has 2 rings (SSSR count). The number of anilines is 2. The second-order valence-electron chi connectivity index (χ2n) is 6.34. The van der Waals surface area contributed by atoms with Crippen LogP contribution in [-0.4, -0.2) is 28.2 Å². The van der Waals surface area contributed by atoms with Crippen molar-refractivity contribution in [2.45, 2.75) is 32.9 Å². The molecular weight excluding hydrogens is 360 g/mol. The maximum Gasteiger partial charge on any atom is 0.225 e.